The summed E-state index contributed by atoms with van der Waals surface area (Å²) in [4.78, 5) is 0. The summed E-state index contributed by atoms with van der Waals surface area (Å²) in [5.41, 5.74) is 19.8. The molecule has 13 rings (SSSR count). The van der Waals surface area contributed by atoms with Crippen molar-refractivity contribution in [2.24, 2.45) is 0 Å². The second-order valence-corrected chi connectivity index (χ2v) is 17.4. The molecule has 0 radical (unpaired) electrons. The largest absolute Gasteiger partial charge is 0.456 e. The molecular formula is C63H42O. The summed E-state index contributed by atoms with van der Waals surface area (Å²) in [6, 6.07) is 92.2. The van der Waals surface area contributed by atoms with E-state index in [2.05, 4.69) is 249 Å². The Labute approximate surface area is 373 Å². The average Bonchev–Trinajstić information content (AvgIpc) is 4.01. The molecule has 64 heavy (non-hydrogen) atoms. The smallest absolute Gasteiger partial charge is 0.139 e. The summed E-state index contributed by atoms with van der Waals surface area (Å²) in [7, 11) is 0. The van der Waals surface area contributed by atoms with Gasteiger partial charge in [-0.2, -0.15) is 0 Å². The fourth-order valence-corrected chi connectivity index (χ4v) is 11.8. The van der Waals surface area contributed by atoms with Gasteiger partial charge in [0.1, 0.15) is 11.2 Å². The third kappa shape index (κ3) is 5.07. The third-order valence-corrected chi connectivity index (χ3v) is 14.4. The molecule has 0 saturated heterocycles. The van der Waals surface area contributed by atoms with E-state index < -0.39 is 10.8 Å². The van der Waals surface area contributed by atoms with E-state index in [0.717, 1.165) is 27.5 Å². The van der Waals surface area contributed by atoms with Gasteiger partial charge < -0.3 is 4.42 Å². The van der Waals surface area contributed by atoms with Crippen LogP contribution in [0.1, 0.15) is 67.1 Å². The Morgan fingerprint density at radius 1 is 0.297 bits per heavy atom. The molecule has 1 heterocycles. The van der Waals surface area contributed by atoms with Gasteiger partial charge in [-0.3, -0.25) is 0 Å². The SMILES string of the molecule is c1ccc(C2(c3ccc(C(c4ccc5c(c4)C(c4ccccc4)(c4ccccc4)c4ccccc4-5)c4cccc5c4oc4ccccc45)cc3)c3ccccc3-c3ccccc32)cc1. The maximum absolute atomic E-state index is 6.89. The molecule has 2 aliphatic carbocycles. The second-order valence-electron chi connectivity index (χ2n) is 17.4. The molecule has 11 aromatic rings. The predicted octanol–water partition coefficient (Wildman–Crippen LogP) is 15.5. The Bertz CT molecular complexity index is 3460. The molecule has 0 N–H and O–H groups in total. The van der Waals surface area contributed by atoms with E-state index in [0.29, 0.717) is 0 Å². The normalized spacial score (nSPS) is 14.4. The number of benzene rings is 10. The Hall–Kier alpha value is -8.00. The fraction of sp³-hybridized carbons (Fsp3) is 0.0476. The van der Waals surface area contributed by atoms with Gasteiger partial charge in [0.25, 0.3) is 0 Å². The molecule has 10 aromatic carbocycles. The van der Waals surface area contributed by atoms with Crippen LogP contribution in [0.5, 0.6) is 0 Å². The van der Waals surface area contributed by atoms with Crippen molar-refractivity contribution in [1.82, 2.24) is 0 Å². The summed E-state index contributed by atoms with van der Waals surface area (Å²) < 4.78 is 6.89. The van der Waals surface area contributed by atoms with Crippen LogP contribution in [-0.2, 0) is 10.8 Å². The van der Waals surface area contributed by atoms with E-state index in [1.54, 1.807) is 0 Å². The molecule has 0 bridgehead atoms. The van der Waals surface area contributed by atoms with Gasteiger partial charge in [0.2, 0.25) is 0 Å². The molecule has 0 amide bonds. The van der Waals surface area contributed by atoms with E-state index in [9.17, 15) is 0 Å². The summed E-state index contributed by atoms with van der Waals surface area (Å²) in [5, 5.41) is 2.27. The monoisotopic (exact) mass is 814 g/mol. The van der Waals surface area contributed by atoms with Crippen molar-refractivity contribution >= 4 is 21.9 Å². The van der Waals surface area contributed by atoms with Gasteiger partial charge in [0.05, 0.1) is 10.8 Å². The van der Waals surface area contributed by atoms with Crippen molar-refractivity contribution in [3.8, 4) is 22.3 Å². The molecule has 1 nitrogen and oxygen atoms in total. The zero-order valence-electron chi connectivity index (χ0n) is 35.2. The van der Waals surface area contributed by atoms with E-state index in [1.807, 2.05) is 0 Å². The van der Waals surface area contributed by atoms with Gasteiger partial charge in [0, 0.05) is 22.3 Å². The van der Waals surface area contributed by atoms with Gasteiger partial charge in [0.15, 0.2) is 0 Å². The Morgan fingerprint density at radius 2 is 0.719 bits per heavy atom. The van der Waals surface area contributed by atoms with Crippen LogP contribution in [0, 0.1) is 0 Å². The minimum atomic E-state index is -0.518. The summed E-state index contributed by atoms with van der Waals surface area (Å²) >= 11 is 0. The zero-order valence-corrected chi connectivity index (χ0v) is 35.2. The number of rotatable bonds is 7. The third-order valence-electron chi connectivity index (χ3n) is 14.4. The molecule has 300 valence electrons. The highest BCUT2D eigenvalue weighted by Gasteiger charge is 2.48. The molecular weight excluding hydrogens is 773 g/mol. The highest BCUT2D eigenvalue weighted by atomic mass is 16.3. The first kappa shape index (κ1) is 36.6. The molecule has 1 atom stereocenters. The molecule has 0 fully saturated rings. The van der Waals surface area contributed by atoms with Crippen LogP contribution in [0.4, 0.5) is 0 Å². The molecule has 0 aliphatic heterocycles. The standard InChI is InChI=1S/C63H42O/c1-4-19-44(20-5-1)62(55-31-14-10-25-48(55)49-26-11-15-32-56(49)62)47-38-35-42(36-39-47)60(54-30-18-29-53-52-28-13-17-34-59(52)64-61(53)54)43-37-40-51-50-27-12-16-33-57(50)63(58(51)41-43,45-21-6-2-7-22-45)46-23-8-3-9-24-46/h1-41,60H. The summed E-state index contributed by atoms with van der Waals surface area (Å²) in [6.07, 6.45) is 0. The van der Waals surface area contributed by atoms with E-state index in [4.69, 9.17) is 4.42 Å². The topological polar surface area (TPSA) is 13.1 Å². The first-order valence-electron chi connectivity index (χ1n) is 22.4. The van der Waals surface area contributed by atoms with Gasteiger partial charge in [-0.25, -0.2) is 0 Å². The van der Waals surface area contributed by atoms with Crippen LogP contribution in [0.15, 0.2) is 253 Å². The lowest BCUT2D eigenvalue weighted by atomic mass is 9.67. The Morgan fingerprint density at radius 3 is 1.28 bits per heavy atom. The molecule has 0 spiro atoms. The quantitative estimate of drug-likeness (QED) is 0.146. The van der Waals surface area contributed by atoms with E-state index in [-0.39, 0.29) is 5.92 Å². The van der Waals surface area contributed by atoms with Crippen molar-refractivity contribution in [2.45, 2.75) is 16.7 Å². The first-order valence-corrected chi connectivity index (χ1v) is 22.4. The maximum Gasteiger partial charge on any atom is 0.139 e. The number of furan rings is 1. The van der Waals surface area contributed by atoms with Gasteiger partial charge in [-0.1, -0.05) is 243 Å². The second kappa shape index (κ2) is 14.3. The van der Waals surface area contributed by atoms with Gasteiger partial charge >= 0.3 is 0 Å². The van der Waals surface area contributed by atoms with Crippen molar-refractivity contribution < 1.29 is 4.42 Å². The van der Waals surface area contributed by atoms with Crippen molar-refractivity contribution in [3.63, 3.8) is 0 Å². The fourth-order valence-electron chi connectivity index (χ4n) is 11.8. The highest BCUT2D eigenvalue weighted by molar-refractivity contribution is 6.06. The van der Waals surface area contributed by atoms with Crippen molar-refractivity contribution in [1.29, 1.82) is 0 Å². The predicted molar refractivity (Wildman–Crippen MR) is 262 cm³/mol. The Kier molecular flexibility index (Phi) is 8.17. The van der Waals surface area contributed by atoms with Crippen LogP contribution < -0.4 is 0 Å². The van der Waals surface area contributed by atoms with Crippen LogP contribution >= 0.6 is 0 Å². The van der Waals surface area contributed by atoms with Crippen LogP contribution in [-0.4, -0.2) is 0 Å². The maximum atomic E-state index is 6.89. The van der Waals surface area contributed by atoms with Crippen LogP contribution in [0.3, 0.4) is 0 Å². The van der Waals surface area contributed by atoms with E-state index >= 15 is 0 Å². The minimum absolute atomic E-state index is 0.146. The number of para-hydroxylation sites is 2. The minimum Gasteiger partial charge on any atom is -0.456 e. The first-order chi connectivity index (χ1) is 31.8. The average molecular weight is 815 g/mol. The van der Waals surface area contributed by atoms with Crippen LogP contribution in [0.2, 0.25) is 0 Å². The molecule has 2 aliphatic rings. The number of hydrogen-bond acceptors (Lipinski definition) is 1. The molecule has 1 aromatic heterocycles. The lowest BCUT2D eigenvalue weighted by Gasteiger charge is -2.35. The van der Waals surface area contributed by atoms with Crippen molar-refractivity contribution in [2.75, 3.05) is 0 Å². The van der Waals surface area contributed by atoms with E-state index in [1.165, 1.54) is 77.9 Å². The highest BCUT2D eigenvalue weighted by Crippen LogP contribution is 2.58. The molecule has 1 heteroatoms. The lowest BCUT2D eigenvalue weighted by Crippen LogP contribution is -2.29. The zero-order chi connectivity index (χ0) is 42.2. The number of hydrogen-bond donors (Lipinski definition) is 0. The molecule has 1 unspecified atom stereocenters. The number of fused-ring (bicyclic) bond motifs is 9. The summed E-state index contributed by atoms with van der Waals surface area (Å²) in [6.45, 7) is 0. The lowest BCUT2D eigenvalue weighted by molar-refractivity contribution is 0.661. The van der Waals surface area contributed by atoms with Gasteiger partial charge in [-0.15, -0.1) is 0 Å². The van der Waals surface area contributed by atoms with Crippen LogP contribution in [0.25, 0.3) is 44.2 Å². The summed E-state index contributed by atoms with van der Waals surface area (Å²) in [5.74, 6) is -0.146. The Balaban J connectivity index is 1.07. The molecule has 0 saturated carbocycles. The van der Waals surface area contributed by atoms with Crippen molar-refractivity contribution in [3.05, 3.63) is 310 Å². The van der Waals surface area contributed by atoms with Gasteiger partial charge in [-0.05, 0) is 84.0 Å².